The Hall–Kier alpha value is -2.92. The quantitative estimate of drug-likeness (QED) is 0.448. The molecule has 1 fully saturated rings. The first-order valence-corrected chi connectivity index (χ1v) is 10.4. The first-order chi connectivity index (χ1) is 14.0. The molecule has 5 heteroatoms. The third-order valence-corrected chi connectivity index (χ3v) is 7.95. The zero-order valence-corrected chi connectivity index (χ0v) is 16.8. The van der Waals surface area contributed by atoms with Crippen LogP contribution in [0.1, 0.15) is 28.2 Å². The van der Waals surface area contributed by atoms with Crippen molar-refractivity contribution in [3.8, 4) is 5.75 Å². The summed E-state index contributed by atoms with van der Waals surface area (Å²) >= 11 is 3.97. The van der Waals surface area contributed by atoms with Crippen molar-refractivity contribution >= 4 is 33.4 Å². The summed E-state index contributed by atoms with van der Waals surface area (Å²) in [6.07, 6.45) is 0. The molecular formula is C24H16BrNO3. The maximum Gasteiger partial charge on any atom is 0.239 e. The molecule has 3 aliphatic carbocycles. The van der Waals surface area contributed by atoms with Gasteiger partial charge < -0.3 is 5.11 Å². The third-order valence-electron chi connectivity index (χ3n) is 6.60. The summed E-state index contributed by atoms with van der Waals surface area (Å²) in [6, 6.07) is 22.5. The topological polar surface area (TPSA) is 57.6 Å². The molecule has 7 rings (SSSR count). The van der Waals surface area contributed by atoms with Crippen LogP contribution in [0.3, 0.4) is 0 Å². The minimum absolute atomic E-state index is 0.0288. The number of benzene rings is 3. The standard InChI is InChI=1S/C24H16BrNO3/c25-24-17-10-3-1-8-15(17)19(16-9-2-4-11-18(16)24)20-21(24)23(29)26(22(20)28)13-6-5-7-14(27)12-13/h1-12,19-21,27H/t19?,20-,21-,24?/m1/s1. The lowest BCUT2D eigenvalue weighted by Gasteiger charge is -2.51. The smallest absolute Gasteiger partial charge is 0.239 e. The van der Waals surface area contributed by atoms with Gasteiger partial charge in [-0.15, -0.1) is 0 Å². The van der Waals surface area contributed by atoms with Crippen LogP contribution >= 0.6 is 15.9 Å². The van der Waals surface area contributed by atoms with Crippen molar-refractivity contribution in [2.24, 2.45) is 11.8 Å². The van der Waals surface area contributed by atoms with Crippen molar-refractivity contribution in [1.29, 1.82) is 0 Å². The molecule has 0 aromatic heterocycles. The van der Waals surface area contributed by atoms with Gasteiger partial charge in [-0.05, 0) is 34.4 Å². The highest BCUT2D eigenvalue weighted by atomic mass is 79.9. The van der Waals surface area contributed by atoms with Gasteiger partial charge in [-0.25, -0.2) is 4.90 Å². The summed E-state index contributed by atoms with van der Waals surface area (Å²) in [4.78, 5) is 28.5. The van der Waals surface area contributed by atoms with Crippen LogP contribution in [0.5, 0.6) is 5.75 Å². The molecule has 3 aromatic carbocycles. The Labute approximate surface area is 175 Å². The third kappa shape index (κ3) is 1.94. The van der Waals surface area contributed by atoms with Gasteiger partial charge >= 0.3 is 0 Å². The van der Waals surface area contributed by atoms with Crippen molar-refractivity contribution in [2.75, 3.05) is 4.90 Å². The second-order valence-electron chi connectivity index (χ2n) is 7.90. The molecule has 0 radical (unpaired) electrons. The van der Waals surface area contributed by atoms with E-state index in [4.69, 9.17) is 0 Å². The van der Waals surface area contributed by atoms with E-state index >= 15 is 0 Å². The molecule has 29 heavy (non-hydrogen) atoms. The van der Waals surface area contributed by atoms with E-state index in [0.29, 0.717) is 5.69 Å². The largest absolute Gasteiger partial charge is 0.508 e. The summed E-state index contributed by atoms with van der Waals surface area (Å²) in [5.74, 6) is -1.58. The van der Waals surface area contributed by atoms with Gasteiger partial charge in [0.2, 0.25) is 11.8 Å². The van der Waals surface area contributed by atoms with E-state index in [1.165, 1.54) is 17.0 Å². The number of anilines is 1. The minimum atomic E-state index is -0.752. The molecule has 1 saturated heterocycles. The Bertz CT molecular complexity index is 1170. The summed E-state index contributed by atoms with van der Waals surface area (Å²) in [7, 11) is 0. The van der Waals surface area contributed by atoms with Crippen molar-refractivity contribution in [2.45, 2.75) is 10.2 Å². The van der Waals surface area contributed by atoms with Gasteiger partial charge in [0.1, 0.15) is 5.75 Å². The number of amides is 2. The van der Waals surface area contributed by atoms with Gasteiger partial charge in [0.15, 0.2) is 0 Å². The monoisotopic (exact) mass is 445 g/mol. The SMILES string of the molecule is O=C1[C@@H]2C3c4ccccc4C(Br)(c4ccccc43)[C@H]2C(=O)N1c1cccc(O)c1. The van der Waals surface area contributed by atoms with E-state index in [1.54, 1.807) is 12.1 Å². The van der Waals surface area contributed by atoms with Crippen LogP contribution in [0.15, 0.2) is 72.8 Å². The highest BCUT2D eigenvalue weighted by molar-refractivity contribution is 9.09. The normalized spacial score (nSPS) is 28.9. The lowest BCUT2D eigenvalue weighted by Crippen LogP contribution is -2.50. The predicted molar refractivity (Wildman–Crippen MR) is 112 cm³/mol. The van der Waals surface area contributed by atoms with Crippen molar-refractivity contribution < 1.29 is 14.7 Å². The number of nitrogens with zero attached hydrogens (tertiary/aromatic N) is 1. The van der Waals surface area contributed by atoms with E-state index in [9.17, 15) is 14.7 Å². The van der Waals surface area contributed by atoms with E-state index in [1.807, 2.05) is 24.3 Å². The molecule has 0 spiro atoms. The van der Waals surface area contributed by atoms with Gasteiger partial charge in [-0.2, -0.15) is 0 Å². The van der Waals surface area contributed by atoms with E-state index in [0.717, 1.165) is 22.3 Å². The van der Waals surface area contributed by atoms with Gasteiger partial charge in [-0.1, -0.05) is 70.5 Å². The average molecular weight is 446 g/mol. The number of phenolic OH excluding ortho intramolecular Hbond substituents is 1. The van der Waals surface area contributed by atoms with Crippen molar-refractivity contribution in [1.82, 2.24) is 0 Å². The van der Waals surface area contributed by atoms with Crippen LogP contribution in [-0.4, -0.2) is 16.9 Å². The second-order valence-corrected chi connectivity index (χ2v) is 9.15. The number of phenols is 1. The number of hydrogen-bond donors (Lipinski definition) is 1. The summed E-state index contributed by atoms with van der Waals surface area (Å²) < 4.78 is -0.752. The van der Waals surface area contributed by atoms with Crippen molar-refractivity contribution in [3.05, 3.63) is 95.1 Å². The van der Waals surface area contributed by atoms with Crippen LogP contribution in [-0.2, 0) is 13.9 Å². The van der Waals surface area contributed by atoms with Gasteiger partial charge in [0.05, 0.1) is 21.8 Å². The molecule has 0 saturated carbocycles. The summed E-state index contributed by atoms with van der Waals surface area (Å²) in [5.41, 5.74) is 4.73. The number of carbonyl (C=O) groups excluding carboxylic acids is 2. The highest BCUT2D eigenvalue weighted by Crippen LogP contribution is 2.66. The van der Waals surface area contributed by atoms with Crippen molar-refractivity contribution in [3.63, 3.8) is 0 Å². The first kappa shape index (κ1) is 17.0. The number of hydrogen-bond acceptors (Lipinski definition) is 3. The minimum Gasteiger partial charge on any atom is -0.508 e. The molecule has 1 aliphatic heterocycles. The fourth-order valence-corrected chi connectivity index (χ4v) is 6.77. The predicted octanol–water partition coefficient (Wildman–Crippen LogP) is 4.30. The van der Waals surface area contributed by atoms with Crippen LogP contribution in [0.4, 0.5) is 5.69 Å². The Morgan fingerprint density at radius 3 is 2.07 bits per heavy atom. The molecule has 3 aromatic rings. The van der Waals surface area contributed by atoms with E-state index in [2.05, 4.69) is 40.2 Å². The Balaban J connectivity index is 1.63. The zero-order chi connectivity index (χ0) is 19.9. The number of halogens is 1. The Morgan fingerprint density at radius 2 is 1.45 bits per heavy atom. The molecule has 2 bridgehead atoms. The fourth-order valence-electron chi connectivity index (χ4n) is 5.57. The highest BCUT2D eigenvalue weighted by Gasteiger charge is 2.67. The van der Waals surface area contributed by atoms with E-state index in [-0.39, 0.29) is 23.5 Å². The zero-order valence-electron chi connectivity index (χ0n) is 15.2. The molecule has 142 valence electrons. The maximum absolute atomic E-state index is 13.7. The molecule has 2 amide bonds. The molecule has 1 heterocycles. The molecule has 4 aliphatic rings. The van der Waals surface area contributed by atoms with Crippen LogP contribution < -0.4 is 4.90 Å². The summed E-state index contributed by atoms with van der Waals surface area (Å²) in [5, 5.41) is 9.90. The molecule has 4 nitrogen and oxygen atoms in total. The molecule has 0 unspecified atom stereocenters. The number of rotatable bonds is 1. The number of imide groups is 1. The Morgan fingerprint density at radius 1 is 0.828 bits per heavy atom. The molecule has 2 atom stereocenters. The van der Waals surface area contributed by atoms with Gasteiger partial charge in [0.25, 0.3) is 0 Å². The summed E-state index contributed by atoms with van der Waals surface area (Å²) in [6.45, 7) is 0. The number of aromatic hydroxyl groups is 1. The fraction of sp³-hybridized carbons (Fsp3) is 0.167. The van der Waals surface area contributed by atoms with Crippen LogP contribution in [0.2, 0.25) is 0 Å². The Kier molecular flexibility index (Phi) is 3.26. The van der Waals surface area contributed by atoms with Crippen LogP contribution in [0, 0.1) is 11.8 Å². The maximum atomic E-state index is 13.7. The number of alkyl halides is 1. The first-order valence-electron chi connectivity index (χ1n) is 9.58. The average Bonchev–Trinajstić information content (AvgIpc) is 3.00. The van der Waals surface area contributed by atoms with E-state index < -0.39 is 16.2 Å². The van der Waals surface area contributed by atoms with Gasteiger partial charge in [0, 0.05) is 12.0 Å². The molecular weight excluding hydrogens is 430 g/mol. The second kappa shape index (κ2) is 5.57. The number of carbonyl (C=O) groups is 2. The van der Waals surface area contributed by atoms with Gasteiger partial charge in [-0.3, -0.25) is 9.59 Å². The molecule has 1 N–H and O–H groups in total. The lowest BCUT2D eigenvalue weighted by atomic mass is 9.55. The lowest BCUT2D eigenvalue weighted by molar-refractivity contribution is -0.122. The van der Waals surface area contributed by atoms with Crippen LogP contribution in [0.25, 0.3) is 0 Å².